The van der Waals surface area contributed by atoms with Crippen LogP contribution in [0.1, 0.15) is 44.6 Å². The number of carboxylic acids is 1. The van der Waals surface area contributed by atoms with E-state index in [1.165, 1.54) is 0 Å². The summed E-state index contributed by atoms with van der Waals surface area (Å²) in [6.45, 7) is 3.89. The van der Waals surface area contributed by atoms with Gasteiger partial charge in [0, 0.05) is 24.8 Å². The molecule has 1 unspecified atom stereocenters. The Morgan fingerprint density at radius 2 is 2.04 bits per heavy atom. The Balaban J connectivity index is 1.85. The van der Waals surface area contributed by atoms with Gasteiger partial charge in [0.1, 0.15) is 6.04 Å². The van der Waals surface area contributed by atoms with Crippen molar-refractivity contribution in [2.24, 2.45) is 0 Å². The Morgan fingerprint density at radius 1 is 1.39 bits per heavy atom. The van der Waals surface area contributed by atoms with Crippen molar-refractivity contribution in [3.8, 4) is 6.07 Å². The third kappa shape index (κ3) is 4.97. The standard InChI is InChI=1S/C18H25N3O2/c1-2-3-4-17(18(22)23)20-15-9-11-21(12-10-15)16-7-5-14(13-19)6-8-16/h5-8,15,17,20H,2-4,9-12H2,1H3,(H,22,23). The minimum atomic E-state index is -0.743. The number of carbonyl (C=O) groups is 1. The number of aliphatic carboxylic acids is 1. The van der Waals surface area contributed by atoms with Gasteiger partial charge in [-0.15, -0.1) is 0 Å². The summed E-state index contributed by atoms with van der Waals surface area (Å²) in [6.07, 6.45) is 4.53. The number of nitriles is 1. The summed E-state index contributed by atoms with van der Waals surface area (Å²) >= 11 is 0. The molecule has 1 heterocycles. The number of unbranched alkanes of at least 4 members (excludes halogenated alkanes) is 1. The summed E-state index contributed by atoms with van der Waals surface area (Å²) in [5.74, 6) is -0.743. The molecule has 5 nitrogen and oxygen atoms in total. The van der Waals surface area contributed by atoms with Gasteiger partial charge >= 0.3 is 5.97 Å². The molecule has 1 aliphatic rings. The molecule has 2 N–H and O–H groups in total. The van der Waals surface area contributed by atoms with Crippen molar-refractivity contribution in [3.63, 3.8) is 0 Å². The van der Waals surface area contributed by atoms with Crippen molar-refractivity contribution >= 4 is 11.7 Å². The molecule has 23 heavy (non-hydrogen) atoms. The third-order valence-electron chi connectivity index (χ3n) is 4.44. The van der Waals surface area contributed by atoms with E-state index in [4.69, 9.17) is 5.26 Å². The summed E-state index contributed by atoms with van der Waals surface area (Å²) in [5, 5.41) is 21.5. The first-order valence-electron chi connectivity index (χ1n) is 8.38. The van der Waals surface area contributed by atoms with Crippen molar-refractivity contribution in [2.45, 2.75) is 51.1 Å². The lowest BCUT2D eigenvalue weighted by atomic mass is 10.0. The van der Waals surface area contributed by atoms with Gasteiger partial charge < -0.3 is 15.3 Å². The highest BCUT2D eigenvalue weighted by Crippen LogP contribution is 2.21. The monoisotopic (exact) mass is 315 g/mol. The number of hydrogen-bond acceptors (Lipinski definition) is 4. The topological polar surface area (TPSA) is 76.4 Å². The summed E-state index contributed by atoms with van der Waals surface area (Å²) in [4.78, 5) is 13.6. The van der Waals surface area contributed by atoms with E-state index in [-0.39, 0.29) is 6.04 Å². The first-order chi connectivity index (χ1) is 11.1. The Hall–Kier alpha value is -2.06. The predicted octanol–water partition coefficient (Wildman–Crippen LogP) is 2.76. The highest BCUT2D eigenvalue weighted by atomic mass is 16.4. The van der Waals surface area contributed by atoms with E-state index in [2.05, 4.69) is 23.2 Å². The van der Waals surface area contributed by atoms with E-state index in [9.17, 15) is 9.90 Å². The van der Waals surface area contributed by atoms with Gasteiger partial charge in [0.15, 0.2) is 0 Å². The molecule has 1 saturated heterocycles. The fourth-order valence-corrected chi connectivity index (χ4v) is 3.02. The normalized spacial score (nSPS) is 16.8. The van der Waals surface area contributed by atoms with Gasteiger partial charge in [0.25, 0.3) is 0 Å². The second-order valence-electron chi connectivity index (χ2n) is 6.12. The molecule has 0 amide bonds. The Labute approximate surface area is 137 Å². The molecular formula is C18H25N3O2. The van der Waals surface area contributed by atoms with Crippen LogP contribution in [-0.2, 0) is 4.79 Å². The molecule has 5 heteroatoms. The van der Waals surface area contributed by atoms with Crippen LogP contribution < -0.4 is 10.2 Å². The van der Waals surface area contributed by atoms with Crippen molar-refractivity contribution in [2.75, 3.05) is 18.0 Å². The molecule has 0 saturated carbocycles. The maximum absolute atomic E-state index is 11.3. The zero-order valence-corrected chi connectivity index (χ0v) is 13.7. The average molecular weight is 315 g/mol. The van der Waals surface area contributed by atoms with Crippen LogP contribution in [0.3, 0.4) is 0 Å². The third-order valence-corrected chi connectivity index (χ3v) is 4.44. The molecule has 2 rings (SSSR count). The summed E-state index contributed by atoms with van der Waals surface area (Å²) in [7, 11) is 0. The zero-order valence-electron chi connectivity index (χ0n) is 13.7. The van der Waals surface area contributed by atoms with E-state index in [1.54, 1.807) is 0 Å². The lowest BCUT2D eigenvalue weighted by Crippen LogP contribution is -2.48. The smallest absolute Gasteiger partial charge is 0.320 e. The maximum Gasteiger partial charge on any atom is 0.320 e. The van der Waals surface area contributed by atoms with Crippen LogP contribution in [0.5, 0.6) is 0 Å². The summed E-state index contributed by atoms with van der Waals surface area (Å²) < 4.78 is 0. The van der Waals surface area contributed by atoms with E-state index < -0.39 is 12.0 Å². The van der Waals surface area contributed by atoms with E-state index in [1.807, 2.05) is 24.3 Å². The Morgan fingerprint density at radius 3 is 2.57 bits per heavy atom. The molecule has 0 aromatic heterocycles. The van der Waals surface area contributed by atoms with Crippen molar-refractivity contribution in [1.29, 1.82) is 5.26 Å². The van der Waals surface area contributed by atoms with Crippen LogP contribution in [0.25, 0.3) is 0 Å². The first kappa shape index (κ1) is 17.3. The minimum Gasteiger partial charge on any atom is -0.480 e. The number of rotatable bonds is 7. The molecule has 0 radical (unpaired) electrons. The molecule has 0 bridgehead atoms. The van der Waals surface area contributed by atoms with E-state index in [0.717, 1.165) is 44.5 Å². The number of piperidine rings is 1. The molecular weight excluding hydrogens is 290 g/mol. The Kier molecular flexibility index (Phi) is 6.42. The molecule has 1 aromatic rings. The lowest BCUT2D eigenvalue weighted by Gasteiger charge is -2.35. The van der Waals surface area contributed by atoms with E-state index >= 15 is 0 Å². The van der Waals surface area contributed by atoms with Crippen LogP contribution in [0.4, 0.5) is 5.69 Å². The molecule has 1 aliphatic heterocycles. The highest BCUT2D eigenvalue weighted by Gasteiger charge is 2.24. The first-order valence-corrected chi connectivity index (χ1v) is 8.38. The number of carboxylic acid groups (broad SMARTS) is 1. The van der Waals surface area contributed by atoms with Crippen molar-refractivity contribution < 1.29 is 9.90 Å². The molecule has 1 aromatic carbocycles. The van der Waals surface area contributed by atoms with Crippen LogP contribution in [0.15, 0.2) is 24.3 Å². The molecule has 0 spiro atoms. The quantitative estimate of drug-likeness (QED) is 0.809. The molecule has 1 atom stereocenters. The highest BCUT2D eigenvalue weighted by molar-refractivity contribution is 5.73. The van der Waals surface area contributed by atoms with Gasteiger partial charge in [0.2, 0.25) is 0 Å². The Bertz CT molecular complexity index is 542. The predicted molar refractivity (Wildman–Crippen MR) is 90.5 cm³/mol. The number of nitrogens with zero attached hydrogens (tertiary/aromatic N) is 2. The van der Waals surface area contributed by atoms with Crippen LogP contribution in [-0.4, -0.2) is 36.2 Å². The van der Waals surface area contributed by atoms with Crippen molar-refractivity contribution in [1.82, 2.24) is 5.32 Å². The van der Waals surface area contributed by atoms with Crippen LogP contribution in [0.2, 0.25) is 0 Å². The number of hydrogen-bond donors (Lipinski definition) is 2. The summed E-state index contributed by atoms with van der Waals surface area (Å²) in [6, 6.07) is 9.60. The maximum atomic E-state index is 11.3. The van der Waals surface area contributed by atoms with Crippen LogP contribution >= 0.6 is 0 Å². The number of benzene rings is 1. The fourth-order valence-electron chi connectivity index (χ4n) is 3.02. The summed E-state index contributed by atoms with van der Waals surface area (Å²) in [5.41, 5.74) is 1.80. The molecule has 0 aliphatic carbocycles. The van der Waals surface area contributed by atoms with Gasteiger partial charge in [-0.2, -0.15) is 5.26 Å². The molecule has 124 valence electrons. The van der Waals surface area contributed by atoms with Gasteiger partial charge in [-0.3, -0.25) is 4.79 Å². The van der Waals surface area contributed by atoms with Gasteiger partial charge in [-0.05, 0) is 43.5 Å². The minimum absolute atomic E-state index is 0.266. The fraction of sp³-hybridized carbons (Fsp3) is 0.556. The lowest BCUT2D eigenvalue weighted by molar-refractivity contribution is -0.140. The SMILES string of the molecule is CCCCC(NC1CCN(c2ccc(C#N)cc2)CC1)C(=O)O. The van der Waals surface area contributed by atoms with Gasteiger partial charge in [0.05, 0.1) is 11.6 Å². The zero-order chi connectivity index (χ0) is 16.7. The molecule has 1 fully saturated rings. The second-order valence-corrected chi connectivity index (χ2v) is 6.12. The van der Waals surface area contributed by atoms with Crippen LogP contribution in [0, 0.1) is 11.3 Å². The number of nitrogens with one attached hydrogen (secondary N) is 1. The number of anilines is 1. The van der Waals surface area contributed by atoms with Gasteiger partial charge in [-0.1, -0.05) is 19.8 Å². The van der Waals surface area contributed by atoms with E-state index in [0.29, 0.717) is 12.0 Å². The van der Waals surface area contributed by atoms with Gasteiger partial charge in [-0.25, -0.2) is 0 Å². The average Bonchev–Trinajstić information content (AvgIpc) is 2.59. The largest absolute Gasteiger partial charge is 0.480 e. The van der Waals surface area contributed by atoms with Crippen molar-refractivity contribution in [3.05, 3.63) is 29.8 Å². The second kappa shape index (κ2) is 8.54.